The number of nitrogens with zero attached hydrogens (tertiary/aromatic N) is 3. The highest BCUT2D eigenvalue weighted by molar-refractivity contribution is 6.14. The zero-order chi connectivity index (χ0) is 16.2. The lowest BCUT2D eigenvalue weighted by molar-refractivity contribution is 0.228. The predicted molar refractivity (Wildman–Crippen MR) is 94.3 cm³/mol. The van der Waals surface area contributed by atoms with Crippen molar-refractivity contribution in [1.29, 1.82) is 0 Å². The standard InChI is InChI=1S/C18H18BN3O/c1-12-21(10-11-22(12)18(2,3)19)15-8-4-6-13-14-7-5-9-20-17(14)23-16(13)15/h4-12H,1-3H3. The summed E-state index contributed by atoms with van der Waals surface area (Å²) in [4.78, 5) is 8.64. The van der Waals surface area contributed by atoms with E-state index in [-0.39, 0.29) is 6.17 Å². The molecule has 3 heterocycles. The van der Waals surface area contributed by atoms with Crippen molar-refractivity contribution in [3.63, 3.8) is 0 Å². The number of anilines is 1. The Morgan fingerprint density at radius 2 is 1.91 bits per heavy atom. The molecular weight excluding hydrogens is 285 g/mol. The highest BCUT2D eigenvalue weighted by atomic mass is 16.3. The van der Waals surface area contributed by atoms with Gasteiger partial charge in [-0.05, 0) is 30.6 Å². The van der Waals surface area contributed by atoms with Crippen LogP contribution in [-0.4, -0.2) is 29.3 Å². The van der Waals surface area contributed by atoms with Gasteiger partial charge in [0.1, 0.15) is 14.0 Å². The maximum atomic E-state index is 6.26. The van der Waals surface area contributed by atoms with Crippen LogP contribution >= 0.6 is 0 Å². The first-order valence-electron chi connectivity index (χ1n) is 7.77. The van der Waals surface area contributed by atoms with Gasteiger partial charge in [-0.25, -0.2) is 4.98 Å². The molecular formula is C18H18BN3O. The molecule has 3 aromatic rings. The van der Waals surface area contributed by atoms with Crippen LogP contribution in [0, 0.1) is 0 Å². The van der Waals surface area contributed by atoms with Gasteiger partial charge >= 0.3 is 0 Å². The summed E-state index contributed by atoms with van der Waals surface area (Å²) in [5, 5.41) is 2.12. The maximum absolute atomic E-state index is 6.26. The second kappa shape index (κ2) is 4.78. The first-order chi connectivity index (χ1) is 11.0. The molecule has 1 aliphatic heterocycles. The Morgan fingerprint density at radius 1 is 1.13 bits per heavy atom. The van der Waals surface area contributed by atoms with Crippen LogP contribution in [0.5, 0.6) is 0 Å². The van der Waals surface area contributed by atoms with Crippen LogP contribution in [0.2, 0.25) is 0 Å². The molecule has 23 heavy (non-hydrogen) atoms. The summed E-state index contributed by atoms with van der Waals surface area (Å²) >= 11 is 0. The SMILES string of the molecule is [B]C(C)(C)N1C=CN(c2cccc3c2oc2ncccc23)C1C. The molecule has 1 atom stereocenters. The minimum atomic E-state index is -0.423. The summed E-state index contributed by atoms with van der Waals surface area (Å²) in [7, 11) is 6.26. The molecule has 4 nitrogen and oxygen atoms in total. The van der Waals surface area contributed by atoms with Gasteiger partial charge in [0, 0.05) is 29.4 Å². The van der Waals surface area contributed by atoms with Crippen LogP contribution in [0.3, 0.4) is 0 Å². The number of hydrogen-bond donors (Lipinski definition) is 0. The van der Waals surface area contributed by atoms with Gasteiger partial charge in [0.2, 0.25) is 5.71 Å². The molecule has 114 valence electrons. The predicted octanol–water partition coefficient (Wildman–Crippen LogP) is 3.82. The highest BCUT2D eigenvalue weighted by Gasteiger charge is 2.31. The molecule has 2 aromatic heterocycles. The Bertz CT molecular complexity index is 909. The number of furan rings is 1. The zero-order valence-electron chi connectivity index (χ0n) is 13.5. The van der Waals surface area contributed by atoms with Gasteiger partial charge in [-0.3, -0.25) is 0 Å². The minimum Gasteiger partial charge on any atom is -0.436 e. The van der Waals surface area contributed by atoms with E-state index in [1.807, 2.05) is 32.2 Å². The van der Waals surface area contributed by atoms with E-state index in [2.05, 4.69) is 46.1 Å². The van der Waals surface area contributed by atoms with E-state index in [0.29, 0.717) is 5.71 Å². The molecule has 5 heteroatoms. The van der Waals surface area contributed by atoms with Crippen LogP contribution < -0.4 is 4.90 Å². The molecule has 0 saturated carbocycles. The van der Waals surface area contributed by atoms with Crippen LogP contribution in [0.25, 0.3) is 22.1 Å². The molecule has 1 aliphatic rings. The number of benzene rings is 1. The molecule has 0 aliphatic carbocycles. The lowest BCUT2D eigenvalue weighted by Gasteiger charge is -2.39. The first kappa shape index (κ1) is 14.2. The topological polar surface area (TPSA) is 32.5 Å². The van der Waals surface area contributed by atoms with Crippen LogP contribution in [0.1, 0.15) is 20.8 Å². The van der Waals surface area contributed by atoms with Gasteiger partial charge in [0.25, 0.3) is 0 Å². The summed E-state index contributed by atoms with van der Waals surface area (Å²) in [6, 6.07) is 10.2. The van der Waals surface area contributed by atoms with Gasteiger partial charge in [-0.2, -0.15) is 0 Å². The van der Waals surface area contributed by atoms with Gasteiger partial charge in [0.05, 0.1) is 5.69 Å². The summed E-state index contributed by atoms with van der Waals surface area (Å²) in [5.41, 5.74) is 2.13. The van der Waals surface area contributed by atoms with E-state index >= 15 is 0 Å². The number of para-hydroxylation sites is 1. The molecule has 0 N–H and O–H groups in total. The van der Waals surface area contributed by atoms with Crippen molar-refractivity contribution >= 4 is 35.6 Å². The third-order valence-electron chi connectivity index (χ3n) is 4.39. The van der Waals surface area contributed by atoms with Crippen molar-refractivity contribution in [1.82, 2.24) is 9.88 Å². The molecule has 4 rings (SSSR count). The molecule has 1 aromatic carbocycles. The Morgan fingerprint density at radius 3 is 2.65 bits per heavy atom. The number of pyridine rings is 1. The fourth-order valence-corrected chi connectivity index (χ4v) is 3.30. The molecule has 0 bridgehead atoms. The number of hydrogen-bond acceptors (Lipinski definition) is 4. The van der Waals surface area contributed by atoms with Crippen molar-refractivity contribution < 1.29 is 4.42 Å². The molecule has 0 fully saturated rings. The smallest absolute Gasteiger partial charge is 0.227 e. The Labute approximate surface area is 136 Å². The summed E-state index contributed by atoms with van der Waals surface area (Å²) in [6.45, 7) is 6.14. The van der Waals surface area contributed by atoms with E-state index in [1.165, 1.54) is 0 Å². The van der Waals surface area contributed by atoms with Gasteiger partial charge in [-0.1, -0.05) is 26.0 Å². The second-order valence-electron chi connectivity index (χ2n) is 6.51. The summed E-state index contributed by atoms with van der Waals surface area (Å²) in [6.07, 6.45) is 5.95. The van der Waals surface area contributed by atoms with Crippen LogP contribution in [-0.2, 0) is 0 Å². The monoisotopic (exact) mass is 303 g/mol. The zero-order valence-corrected chi connectivity index (χ0v) is 13.5. The van der Waals surface area contributed by atoms with Gasteiger partial charge in [0.15, 0.2) is 5.58 Å². The van der Waals surface area contributed by atoms with Crippen molar-refractivity contribution in [2.45, 2.75) is 32.4 Å². The average Bonchev–Trinajstić information content (AvgIpc) is 3.07. The van der Waals surface area contributed by atoms with Crippen molar-refractivity contribution in [3.05, 3.63) is 48.9 Å². The third kappa shape index (κ3) is 2.11. The normalized spacial score (nSPS) is 18.5. The van der Waals surface area contributed by atoms with Crippen molar-refractivity contribution in [2.75, 3.05) is 4.90 Å². The second-order valence-corrected chi connectivity index (χ2v) is 6.51. The molecule has 2 radical (unpaired) electrons. The van der Waals surface area contributed by atoms with E-state index in [1.54, 1.807) is 6.20 Å². The van der Waals surface area contributed by atoms with Gasteiger partial charge in [-0.15, -0.1) is 0 Å². The lowest BCUT2D eigenvalue weighted by atomic mass is 9.80. The van der Waals surface area contributed by atoms with E-state index in [9.17, 15) is 0 Å². The Balaban J connectivity index is 1.86. The van der Waals surface area contributed by atoms with E-state index in [0.717, 1.165) is 22.0 Å². The quantitative estimate of drug-likeness (QED) is 0.674. The molecule has 0 saturated heterocycles. The van der Waals surface area contributed by atoms with Crippen LogP contribution in [0.15, 0.2) is 53.3 Å². The van der Waals surface area contributed by atoms with Crippen molar-refractivity contribution in [2.24, 2.45) is 0 Å². The van der Waals surface area contributed by atoms with Gasteiger partial charge < -0.3 is 14.2 Å². The third-order valence-corrected chi connectivity index (χ3v) is 4.39. The number of rotatable bonds is 2. The highest BCUT2D eigenvalue weighted by Crippen LogP contribution is 2.37. The molecule has 1 unspecified atom stereocenters. The van der Waals surface area contributed by atoms with Crippen molar-refractivity contribution in [3.8, 4) is 0 Å². The molecule has 0 amide bonds. The lowest BCUT2D eigenvalue weighted by Crippen LogP contribution is -2.48. The summed E-state index contributed by atoms with van der Waals surface area (Å²) in [5.74, 6) is 0. The maximum Gasteiger partial charge on any atom is 0.227 e. The number of aromatic nitrogens is 1. The minimum absolute atomic E-state index is 0.113. The average molecular weight is 303 g/mol. The Hall–Kier alpha value is -2.43. The Kier molecular flexibility index (Phi) is 2.95. The fourth-order valence-electron chi connectivity index (χ4n) is 3.30. The first-order valence-corrected chi connectivity index (χ1v) is 7.77. The van der Waals surface area contributed by atoms with E-state index < -0.39 is 5.44 Å². The van der Waals surface area contributed by atoms with E-state index in [4.69, 9.17) is 12.3 Å². The molecule has 0 spiro atoms. The largest absolute Gasteiger partial charge is 0.436 e. The number of fused-ring (bicyclic) bond motifs is 3. The summed E-state index contributed by atoms with van der Waals surface area (Å²) < 4.78 is 6.03. The fraction of sp³-hybridized carbons (Fsp3) is 0.278. The van der Waals surface area contributed by atoms with Crippen LogP contribution in [0.4, 0.5) is 5.69 Å².